The van der Waals surface area contributed by atoms with E-state index in [1.807, 2.05) is 0 Å². The molecule has 446 valence electrons. The van der Waals surface area contributed by atoms with E-state index in [0.717, 1.165) is 4.90 Å². The maximum Gasteiger partial charge on any atom is 0.245 e. The molecule has 0 aromatic heterocycles. The molecule has 81 heavy (non-hydrogen) atoms. The molecule has 0 radical (unpaired) electrons. The minimum absolute atomic E-state index is 0.0390. The molecule has 0 saturated carbocycles. The van der Waals surface area contributed by atoms with Gasteiger partial charge in [0.15, 0.2) is 11.5 Å². The Morgan fingerprint density at radius 2 is 1.40 bits per heavy atom. The Kier molecular flexibility index (Phi) is 24.3. The van der Waals surface area contributed by atoms with Gasteiger partial charge in [0.25, 0.3) is 0 Å². The molecule has 0 aromatic carbocycles. The molecule has 3 saturated heterocycles. The molecule has 3 fully saturated rings. The van der Waals surface area contributed by atoms with Crippen molar-refractivity contribution in [3.05, 3.63) is 46.8 Å². The van der Waals surface area contributed by atoms with Gasteiger partial charge in [0.2, 0.25) is 71.9 Å². The molecular weight excluding hydrogens is 1070 g/mol. The SMILES string of the molecule is NCCCCC(NC(=O)C(CO)NC(=O)C1CCNC2=C(N3C(=O)CCC3=O)C=C3C=C(O)C(O)=CC3N21)C(=O)NCC(=O)NC(CCCN(O)C=O)C(=O)NC1CCCCNC(=O)C(CO)NC(=O)C(CCCN(O)C=O)NC1=O. The highest BCUT2D eigenvalue weighted by atomic mass is 16.5. The van der Waals surface area contributed by atoms with Gasteiger partial charge in [0.05, 0.1) is 31.5 Å². The van der Waals surface area contributed by atoms with E-state index in [2.05, 4.69) is 47.9 Å². The zero-order valence-corrected chi connectivity index (χ0v) is 44.3. The van der Waals surface area contributed by atoms with Crippen molar-refractivity contribution in [2.75, 3.05) is 52.5 Å². The molecule has 5 rings (SSSR count). The van der Waals surface area contributed by atoms with Crippen LogP contribution in [0.4, 0.5) is 0 Å². The van der Waals surface area contributed by atoms with Crippen LogP contribution in [0.5, 0.6) is 0 Å². The van der Waals surface area contributed by atoms with Crippen LogP contribution in [0.2, 0.25) is 0 Å². The topological polar surface area (TPSA) is 473 Å². The molecule has 4 heterocycles. The van der Waals surface area contributed by atoms with Gasteiger partial charge in [0, 0.05) is 39.0 Å². The number of aliphatic hydroxyl groups is 4. The maximum absolute atomic E-state index is 14.2. The number of hydrogen-bond donors (Lipinski definition) is 16. The fourth-order valence-electron chi connectivity index (χ4n) is 9.46. The lowest BCUT2D eigenvalue weighted by atomic mass is 9.90. The molecule has 0 spiro atoms. The number of carbonyl (C=O) groups is 12. The number of rotatable bonds is 27. The average Bonchev–Trinajstić information content (AvgIpc) is 3.89. The zero-order chi connectivity index (χ0) is 59.3. The molecule has 12 amide bonds. The minimum Gasteiger partial charge on any atom is -0.504 e. The number of aliphatic hydroxyl groups excluding tert-OH is 4. The van der Waals surface area contributed by atoms with Crippen molar-refractivity contribution in [3.8, 4) is 0 Å². The molecular formula is C49H72N14O18. The predicted octanol–water partition coefficient (Wildman–Crippen LogP) is -6.13. The quantitative estimate of drug-likeness (QED) is 0.0120. The van der Waals surface area contributed by atoms with E-state index in [9.17, 15) is 88.4 Å². The van der Waals surface area contributed by atoms with E-state index in [0.29, 0.717) is 17.1 Å². The fraction of sp³-hybridized carbons (Fsp3) is 0.592. The summed E-state index contributed by atoms with van der Waals surface area (Å²) in [6.45, 7) is -2.77. The van der Waals surface area contributed by atoms with Crippen molar-refractivity contribution in [3.63, 3.8) is 0 Å². The minimum atomic E-state index is -1.68. The molecule has 5 aliphatic rings. The second kappa shape index (κ2) is 31.0. The van der Waals surface area contributed by atoms with Crippen molar-refractivity contribution in [1.29, 1.82) is 0 Å². The van der Waals surface area contributed by atoms with Crippen LogP contribution in [-0.2, 0) is 57.5 Å². The number of unbranched alkanes of at least 4 members (excludes halogenated alkanes) is 1. The van der Waals surface area contributed by atoms with Gasteiger partial charge in [-0.3, -0.25) is 67.9 Å². The van der Waals surface area contributed by atoms with Gasteiger partial charge in [-0.25, -0.2) is 15.0 Å². The molecule has 32 nitrogen and oxygen atoms in total. The van der Waals surface area contributed by atoms with Crippen molar-refractivity contribution < 1.29 is 88.4 Å². The summed E-state index contributed by atoms with van der Waals surface area (Å²) in [5.41, 5.74) is 6.09. The Morgan fingerprint density at radius 3 is 2.06 bits per heavy atom. The lowest BCUT2D eigenvalue weighted by Gasteiger charge is -2.47. The second-order valence-electron chi connectivity index (χ2n) is 19.6. The smallest absolute Gasteiger partial charge is 0.245 e. The monoisotopic (exact) mass is 1140 g/mol. The van der Waals surface area contributed by atoms with Crippen LogP contribution in [-0.4, -0.2) is 223 Å². The summed E-state index contributed by atoms with van der Waals surface area (Å²) in [6.07, 6.45) is 4.53. The Hall–Kier alpha value is -8.20. The second-order valence-corrected chi connectivity index (χ2v) is 19.6. The van der Waals surface area contributed by atoms with Crippen LogP contribution in [0.3, 0.4) is 0 Å². The average molecular weight is 1150 g/mol. The third kappa shape index (κ3) is 17.6. The Balaban J connectivity index is 1.28. The summed E-state index contributed by atoms with van der Waals surface area (Å²) in [5.74, 6) is -9.07. The van der Waals surface area contributed by atoms with Crippen LogP contribution in [0.1, 0.15) is 83.5 Å². The van der Waals surface area contributed by atoms with Crippen LogP contribution in [0, 0.1) is 0 Å². The van der Waals surface area contributed by atoms with Gasteiger partial charge in [-0.1, -0.05) is 0 Å². The Morgan fingerprint density at radius 1 is 0.728 bits per heavy atom. The number of imide groups is 1. The molecule has 17 N–H and O–H groups in total. The summed E-state index contributed by atoms with van der Waals surface area (Å²) in [7, 11) is 0. The van der Waals surface area contributed by atoms with E-state index in [4.69, 9.17) is 5.73 Å². The number of nitrogens with two attached hydrogens (primary N) is 1. The lowest BCUT2D eigenvalue weighted by Crippen LogP contribution is -2.62. The van der Waals surface area contributed by atoms with Crippen molar-refractivity contribution in [1.82, 2.24) is 67.8 Å². The number of hydrogen-bond acceptors (Lipinski definition) is 21. The number of likely N-dealkylation sites (tertiary alicyclic amines) is 1. The number of fused-ring (bicyclic) bond motifs is 3. The number of carbonyl (C=O) groups excluding carboxylic acids is 12. The Labute approximate surface area is 463 Å². The highest BCUT2D eigenvalue weighted by Gasteiger charge is 2.45. The van der Waals surface area contributed by atoms with Crippen molar-refractivity contribution in [2.45, 2.75) is 132 Å². The van der Waals surface area contributed by atoms with Gasteiger partial charge in [-0.15, -0.1) is 0 Å². The molecule has 0 bridgehead atoms. The number of hydroxylamine groups is 4. The fourth-order valence-corrected chi connectivity index (χ4v) is 9.46. The first-order chi connectivity index (χ1) is 38.7. The normalized spacial score (nSPS) is 22.5. The first kappa shape index (κ1) is 63.6. The highest BCUT2D eigenvalue weighted by Crippen LogP contribution is 2.38. The third-order valence-corrected chi connectivity index (χ3v) is 13.7. The summed E-state index contributed by atoms with van der Waals surface area (Å²) >= 11 is 0. The van der Waals surface area contributed by atoms with E-state index in [1.54, 1.807) is 0 Å². The van der Waals surface area contributed by atoms with Crippen LogP contribution in [0.15, 0.2) is 46.8 Å². The van der Waals surface area contributed by atoms with Gasteiger partial charge in [-0.2, -0.15) is 0 Å². The number of nitrogens with zero attached hydrogens (tertiary/aromatic N) is 4. The van der Waals surface area contributed by atoms with Crippen molar-refractivity contribution >= 4 is 71.9 Å². The summed E-state index contributed by atoms with van der Waals surface area (Å²) in [5, 5.41) is 84.0. The summed E-state index contributed by atoms with van der Waals surface area (Å²) in [6, 6.07) is -10.9. The summed E-state index contributed by atoms with van der Waals surface area (Å²) < 4.78 is 0. The van der Waals surface area contributed by atoms with E-state index < -0.39 is 139 Å². The van der Waals surface area contributed by atoms with Gasteiger partial charge in [-0.05, 0) is 101 Å². The molecule has 1 aliphatic carbocycles. The van der Waals surface area contributed by atoms with E-state index in [1.165, 1.54) is 23.1 Å². The molecule has 8 atom stereocenters. The zero-order valence-electron chi connectivity index (χ0n) is 44.3. The highest BCUT2D eigenvalue weighted by molar-refractivity contribution is 6.04. The van der Waals surface area contributed by atoms with Gasteiger partial charge >= 0.3 is 0 Å². The van der Waals surface area contributed by atoms with Crippen LogP contribution in [0.25, 0.3) is 0 Å². The van der Waals surface area contributed by atoms with Gasteiger partial charge in [0.1, 0.15) is 48.1 Å². The van der Waals surface area contributed by atoms with Crippen LogP contribution < -0.4 is 53.6 Å². The molecule has 8 unspecified atom stereocenters. The lowest BCUT2D eigenvalue weighted by molar-refractivity contribution is -0.150. The Bertz CT molecular complexity index is 2490. The maximum atomic E-state index is 14.2. The van der Waals surface area contributed by atoms with Crippen LogP contribution >= 0.6 is 0 Å². The van der Waals surface area contributed by atoms with Crippen molar-refractivity contribution in [2.24, 2.45) is 5.73 Å². The number of nitrogens with one attached hydrogen (secondary N) is 9. The molecule has 32 heteroatoms. The first-order valence-corrected chi connectivity index (χ1v) is 26.5. The molecule has 0 aromatic rings. The number of amides is 12. The molecule has 4 aliphatic heterocycles. The standard InChI is InChI=1S/C49H72N14O18/c50-14-3-1-7-28(55-48(78)33(24-65)59-49(79)34-13-16-51-42-36(63-40(71)11-12-41(63)72)19-27-20-37(68)38(69)21-35(27)62(34)42)43(73)53-22-39(70)54-29(9-5-17-60(80)25-66)45(75)56-30-8-2-4-15-52-44(74)32(23-64)58-47(77)31(57-46(30)76)10-6-18-61(81)26-67/h19-21,25-26,28-35,51,64-65,68-69,80-81H,1-18,22-24,50H2,(H,52,74)(H,53,73)(H,54,70)(H,55,78)(H,56,75)(H,57,76)(H,58,77)(H,59,79). The third-order valence-electron chi connectivity index (χ3n) is 13.7. The van der Waals surface area contributed by atoms with Gasteiger partial charge < -0.3 is 78.9 Å². The predicted molar refractivity (Wildman–Crippen MR) is 276 cm³/mol. The van der Waals surface area contributed by atoms with E-state index in [-0.39, 0.29) is 139 Å². The van der Waals surface area contributed by atoms with E-state index >= 15 is 0 Å². The first-order valence-electron chi connectivity index (χ1n) is 26.5. The largest absolute Gasteiger partial charge is 0.504 e. The summed E-state index contributed by atoms with van der Waals surface area (Å²) in [4.78, 5) is 160. The number of allylic oxidation sites excluding steroid dienone is 1.